The molecule has 0 bridgehead atoms. The van der Waals surface area contributed by atoms with Gasteiger partial charge in [0.2, 0.25) is 5.91 Å². The van der Waals surface area contributed by atoms with E-state index in [9.17, 15) is 27.6 Å². The van der Waals surface area contributed by atoms with Gasteiger partial charge in [0.15, 0.2) is 0 Å². The second kappa shape index (κ2) is 5.91. The summed E-state index contributed by atoms with van der Waals surface area (Å²) < 4.78 is 39.0. The lowest BCUT2D eigenvalue weighted by molar-refractivity contribution is -0.158. The summed E-state index contributed by atoms with van der Waals surface area (Å²) in [5, 5.41) is 8.94. The largest absolute Gasteiger partial charge is 0.406 e. The van der Waals surface area contributed by atoms with Crippen molar-refractivity contribution in [2.45, 2.75) is 32.1 Å². The average molecular weight is 330 g/mol. The second-order valence-corrected chi connectivity index (χ2v) is 5.08. The Morgan fingerprint density at radius 1 is 1.35 bits per heavy atom. The van der Waals surface area contributed by atoms with Gasteiger partial charge >= 0.3 is 11.9 Å². The minimum absolute atomic E-state index is 0.0946. The van der Waals surface area contributed by atoms with Gasteiger partial charge in [0.25, 0.3) is 5.56 Å². The second-order valence-electron chi connectivity index (χ2n) is 5.08. The lowest BCUT2D eigenvalue weighted by Gasteiger charge is -2.19. The fourth-order valence-electron chi connectivity index (χ4n) is 2.53. The molecule has 2 heterocycles. The lowest BCUT2D eigenvalue weighted by atomic mass is 10.2. The Kier molecular flexibility index (Phi) is 4.31. The number of nitrogens with zero attached hydrogens (tertiary/aromatic N) is 4. The molecule has 7 nitrogen and oxygen atoms in total. The van der Waals surface area contributed by atoms with E-state index >= 15 is 0 Å². The molecule has 0 spiro atoms. The number of rotatable bonds is 3. The third-order valence-electron chi connectivity index (χ3n) is 3.60. The summed E-state index contributed by atoms with van der Waals surface area (Å²) in [7, 11) is 0. The summed E-state index contributed by atoms with van der Waals surface area (Å²) in [5.41, 5.74) is -2.12. The predicted molar refractivity (Wildman–Crippen MR) is 71.6 cm³/mol. The van der Waals surface area contributed by atoms with E-state index in [1.165, 1.54) is 0 Å². The number of nitriles is 1. The first kappa shape index (κ1) is 16.8. The Balaban J connectivity index is 2.48. The molecule has 1 aromatic rings. The zero-order valence-electron chi connectivity index (χ0n) is 12.1. The van der Waals surface area contributed by atoms with E-state index in [1.54, 1.807) is 13.0 Å². The smallest absolute Gasteiger partial charge is 0.332 e. The Bertz CT molecular complexity index is 788. The molecule has 0 radical (unpaired) electrons. The van der Waals surface area contributed by atoms with Crippen LogP contribution in [-0.4, -0.2) is 39.2 Å². The maximum absolute atomic E-state index is 12.4. The van der Waals surface area contributed by atoms with Crippen LogP contribution in [0.5, 0.6) is 0 Å². The van der Waals surface area contributed by atoms with Crippen LogP contribution in [0.3, 0.4) is 0 Å². The Morgan fingerprint density at radius 3 is 2.52 bits per heavy atom. The van der Waals surface area contributed by atoms with Crippen molar-refractivity contribution >= 4 is 5.91 Å². The molecular weight excluding hydrogens is 317 g/mol. The molecule has 124 valence electrons. The third-order valence-corrected chi connectivity index (χ3v) is 3.60. The Morgan fingerprint density at radius 2 is 2.00 bits per heavy atom. The van der Waals surface area contributed by atoms with Crippen LogP contribution in [0.1, 0.15) is 24.9 Å². The zero-order valence-corrected chi connectivity index (χ0v) is 12.1. The van der Waals surface area contributed by atoms with Crippen molar-refractivity contribution in [1.29, 1.82) is 5.26 Å². The maximum Gasteiger partial charge on any atom is 0.406 e. The Labute approximate surface area is 128 Å². The monoisotopic (exact) mass is 330 g/mol. The minimum Gasteiger partial charge on any atom is -0.332 e. The van der Waals surface area contributed by atoms with E-state index in [4.69, 9.17) is 5.26 Å². The van der Waals surface area contributed by atoms with Gasteiger partial charge in [-0.3, -0.25) is 14.2 Å². The first-order valence-corrected chi connectivity index (χ1v) is 6.81. The van der Waals surface area contributed by atoms with Crippen LogP contribution >= 0.6 is 0 Å². The molecular formula is C13H13F3N4O3. The molecule has 23 heavy (non-hydrogen) atoms. The van der Waals surface area contributed by atoms with E-state index in [0.29, 0.717) is 9.47 Å². The summed E-state index contributed by atoms with van der Waals surface area (Å²) in [5.74, 6) is -0.945. The van der Waals surface area contributed by atoms with Gasteiger partial charge in [0.05, 0.1) is 0 Å². The van der Waals surface area contributed by atoms with E-state index < -0.39 is 35.9 Å². The molecule has 1 aromatic heterocycles. The van der Waals surface area contributed by atoms with Crippen molar-refractivity contribution in [2.75, 3.05) is 13.1 Å². The van der Waals surface area contributed by atoms with Crippen LogP contribution in [0.4, 0.5) is 13.2 Å². The average Bonchev–Trinajstić information content (AvgIpc) is 2.79. The van der Waals surface area contributed by atoms with Crippen molar-refractivity contribution in [3.05, 3.63) is 32.6 Å². The molecule has 0 aliphatic carbocycles. The number of hydrogen-bond donors (Lipinski definition) is 0. The standard InChI is InChI=1S/C13H13F3N4O3/c1-2-18-6-8(5-17)10(21)20(12(18)23)9-3-4-19(11(9)22)7-13(14,15)16/h6,9H,2-4,7H2,1H3. The summed E-state index contributed by atoms with van der Waals surface area (Å²) in [6.45, 7) is 0.111. The molecule has 0 aromatic carbocycles. The van der Waals surface area contributed by atoms with Gasteiger partial charge in [0, 0.05) is 19.3 Å². The highest BCUT2D eigenvalue weighted by Crippen LogP contribution is 2.25. The summed E-state index contributed by atoms with van der Waals surface area (Å²) >= 11 is 0. The van der Waals surface area contributed by atoms with Crippen LogP contribution in [-0.2, 0) is 11.3 Å². The van der Waals surface area contributed by atoms with Gasteiger partial charge in [-0.25, -0.2) is 9.36 Å². The molecule has 10 heteroatoms. The van der Waals surface area contributed by atoms with Crippen LogP contribution in [0.15, 0.2) is 15.8 Å². The molecule has 0 N–H and O–H groups in total. The molecule has 1 unspecified atom stereocenters. The number of hydrogen-bond acceptors (Lipinski definition) is 4. The molecule has 1 amide bonds. The van der Waals surface area contributed by atoms with Gasteiger partial charge in [-0.15, -0.1) is 0 Å². The van der Waals surface area contributed by atoms with Gasteiger partial charge in [-0.2, -0.15) is 18.4 Å². The maximum atomic E-state index is 12.4. The highest BCUT2D eigenvalue weighted by atomic mass is 19.4. The van der Waals surface area contributed by atoms with Crippen molar-refractivity contribution in [1.82, 2.24) is 14.0 Å². The number of carbonyl (C=O) groups excluding carboxylic acids is 1. The first-order valence-electron chi connectivity index (χ1n) is 6.81. The quantitative estimate of drug-likeness (QED) is 0.794. The van der Waals surface area contributed by atoms with Crippen molar-refractivity contribution in [3.8, 4) is 6.07 Å². The number of halogens is 3. The number of aromatic nitrogens is 2. The molecule has 1 aliphatic rings. The molecule has 1 atom stereocenters. The van der Waals surface area contributed by atoms with E-state index in [-0.39, 0.29) is 25.1 Å². The Hall–Kier alpha value is -2.57. The summed E-state index contributed by atoms with van der Waals surface area (Å²) in [6.07, 6.45) is -3.58. The highest BCUT2D eigenvalue weighted by Gasteiger charge is 2.41. The van der Waals surface area contributed by atoms with Gasteiger partial charge in [0.1, 0.15) is 24.2 Å². The normalized spacial score (nSPS) is 18.3. The van der Waals surface area contributed by atoms with Crippen molar-refractivity contribution in [2.24, 2.45) is 0 Å². The molecule has 1 saturated heterocycles. The highest BCUT2D eigenvalue weighted by molar-refractivity contribution is 5.82. The summed E-state index contributed by atoms with van der Waals surface area (Å²) in [6, 6.07) is 0.311. The van der Waals surface area contributed by atoms with Gasteiger partial charge in [-0.1, -0.05) is 0 Å². The fourth-order valence-corrected chi connectivity index (χ4v) is 2.53. The fraction of sp³-hybridized carbons (Fsp3) is 0.538. The van der Waals surface area contributed by atoms with E-state index in [0.717, 1.165) is 10.8 Å². The van der Waals surface area contributed by atoms with Crippen LogP contribution in [0.2, 0.25) is 0 Å². The molecule has 0 saturated carbocycles. The lowest BCUT2D eigenvalue weighted by Crippen LogP contribution is -2.46. The topological polar surface area (TPSA) is 88.1 Å². The van der Waals surface area contributed by atoms with E-state index in [2.05, 4.69) is 0 Å². The van der Waals surface area contributed by atoms with Crippen LogP contribution in [0, 0.1) is 11.3 Å². The molecule has 1 fully saturated rings. The number of alkyl halides is 3. The summed E-state index contributed by atoms with van der Waals surface area (Å²) in [4.78, 5) is 37.1. The number of amides is 1. The van der Waals surface area contributed by atoms with Crippen LogP contribution < -0.4 is 11.2 Å². The van der Waals surface area contributed by atoms with Crippen molar-refractivity contribution in [3.63, 3.8) is 0 Å². The van der Waals surface area contributed by atoms with Gasteiger partial charge < -0.3 is 4.90 Å². The van der Waals surface area contributed by atoms with E-state index in [1.807, 2.05) is 0 Å². The minimum atomic E-state index is -4.56. The number of likely N-dealkylation sites (tertiary alicyclic amines) is 1. The zero-order chi connectivity index (χ0) is 17.4. The third kappa shape index (κ3) is 3.13. The van der Waals surface area contributed by atoms with Crippen molar-refractivity contribution < 1.29 is 18.0 Å². The van der Waals surface area contributed by atoms with Gasteiger partial charge in [-0.05, 0) is 13.3 Å². The van der Waals surface area contributed by atoms with Crippen LogP contribution in [0.25, 0.3) is 0 Å². The first-order chi connectivity index (χ1) is 10.7. The number of carbonyl (C=O) groups is 1. The molecule has 1 aliphatic heterocycles. The number of aryl methyl sites for hydroxylation is 1. The SMILES string of the molecule is CCn1cc(C#N)c(=O)n(C2CCN(CC(F)(F)F)C2=O)c1=O. The molecule has 2 rings (SSSR count). The predicted octanol–water partition coefficient (Wildman–Crippen LogP) is 0.237.